The molecule has 1 aromatic rings. The minimum absolute atomic E-state index is 0.140. The lowest BCUT2D eigenvalue weighted by Crippen LogP contribution is -2.16. The van der Waals surface area contributed by atoms with Crippen molar-refractivity contribution in [2.75, 3.05) is 19.0 Å². The van der Waals surface area contributed by atoms with E-state index in [9.17, 15) is 18.0 Å². The first kappa shape index (κ1) is 13.3. The first-order valence-corrected chi connectivity index (χ1v) is 4.83. The molecule has 0 aliphatic heterocycles. The van der Waals surface area contributed by atoms with E-state index in [2.05, 4.69) is 10.1 Å². The average Bonchev–Trinajstić information content (AvgIpc) is 2.26. The summed E-state index contributed by atoms with van der Waals surface area (Å²) in [6.45, 7) is 1.21. The number of anilines is 1. The van der Waals surface area contributed by atoms with Crippen LogP contribution in [0.1, 0.15) is 11.1 Å². The largest absolute Gasteiger partial charge is 0.468 e. The lowest BCUT2D eigenvalue weighted by molar-refractivity contribution is -0.138. The Morgan fingerprint density at radius 2 is 2.06 bits per heavy atom. The van der Waals surface area contributed by atoms with Crippen molar-refractivity contribution in [3.8, 4) is 0 Å². The Hall–Kier alpha value is -1.72. The maximum Gasteiger partial charge on any atom is 0.416 e. The van der Waals surface area contributed by atoms with Gasteiger partial charge < -0.3 is 10.1 Å². The van der Waals surface area contributed by atoms with E-state index < -0.39 is 17.7 Å². The van der Waals surface area contributed by atoms with E-state index in [0.717, 1.165) is 6.07 Å². The molecule has 0 aliphatic carbocycles. The van der Waals surface area contributed by atoms with Gasteiger partial charge in [-0.2, -0.15) is 13.2 Å². The summed E-state index contributed by atoms with van der Waals surface area (Å²) in [6.07, 6.45) is -4.40. The fourth-order valence-electron chi connectivity index (χ4n) is 1.28. The lowest BCUT2D eigenvalue weighted by Gasteiger charge is -2.12. The van der Waals surface area contributed by atoms with Gasteiger partial charge in [-0.3, -0.25) is 4.79 Å². The highest BCUT2D eigenvalue weighted by Crippen LogP contribution is 2.33. The number of hydrogen-bond acceptors (Lipinski definition) is 3. The molecule has 0 saturated carbocycles. The minimum atomic E-state index is -4.40. The second-order valence-corrected chi connectivity index (χ2v) is 3.46. The molecule has 1 rings (SSSR count). The monoisotopic (exact) mass is 247 g/mol. The van der Waals surface area contributed by atoms with Gasteiger partial charge in [0.15, 0.2) is 0 Å². The summed E-state index contributed by atoms with van der Waals surface area (Å²) < 4.78 is 42.1. The van der Waals surface area contributed by atoms with Gasteiger partial charge >= 0.3 is 12.1 Å². The van der Waals surface area contributed by atoms with Crippen LogP contribution in [0, 0.1) is 6.92 Å². The quantitative estimate of drug-likeness (QED) is 0.834. The number of methoxy groups -OCH3 is 1. The molecule has 0 heterocycles. The van der Waals surface area contributed by atoms with Crippen molar-refractivity contribution in [3.63, 3.8) is 0 Å². The van der Waals surface area contributed by atoms with Gasteiger partial charge in [-0.25, -0.2) is 0 Å². The van der Waals surface area contributed by atoms with Gasteiger partial charge in [-0.1, -0.05) is 6.07 Å². The highest BCUT2D eigenvalue weighted by atomic mass is 19.4. The number of carbonyl (C=O) groups is 1. The normalized spacial score (nSPS) is 11.1. The summed E-state index contributed by atoms with van der Waals surface area (Å²) in [6, 6.07) is 3.80. The summed E-state index contributed by atoms with van der Waals surface area (Å²) in [5.74, 6) is -0.542. The van der Waals surface area contributed by atoms with Crippen LogP contribution in [0.25, 0.3) is 0 Å². The zero-order chi connectivity index (χ0) is 13.1. The first-order valence-electron chi connectivity index (χ1n) is 4.83. The van der Waals surface area contributed by atoms with Crippen molar-refractivity contribution in [2.45, 2.75) is 13.1 Å². The number of rotatable bonds is 3. The van der Waals surface area contributed by atoms with Gasteiger partial charge in [0.25, 0.3) is 0 Å². The summed E-state index contributed by atoms with van der Waals surface area (Å²) in [4.78, 5) is 10.8. The molecule has 17 heavy (non-hydrogen) atoms. The molecule has 0 aliphatic rings. The average molecular weight is 247 g/mol. The Balaban J connectivity index is 2.86. The van der Waals surface area contributed by atoms with E-state index in [0.29, 0.717) is 0 Å². The molecule has 3 nitrogen and oxygen atoms in total. The van der Waals surface area contributed by atoms with Crippen LogP contribution in [0.4, 0.5) is 18.9 Å². The van der Waals surface area contributed by atoms with Crippen LogP contribution in [0.15, 0.2) is 18.2 Å². The Bertz CT molecular complexity index is 416. The maximum absolute atomic E-state index is 12.6. The van der Waals surface area contributed by atoms with E-state index in [1.807, 2.05) is 0 Å². The SMILES string of the molecule is COC(=O)CNc1ccc(C)c(C(F)(F)F)c1. The Labute approximate surface area is 96.6 Å². The third-order valence-corrected chi connectivity index (χ3v) is 2.21. The molecule has 0 atom stereocenters. The van der Waals surface area contributed by atoms with Crippen molar-refractivity contribution in [2.24, 2.45) is 0 Å². The maximum atomic E-state index is 12.6. The Morgan fingerprint density at radius 3 is 2.59 bits per heavy atom. The van der Waals surface area contributed by atoms with Crippen LogP contribution in [-0.4, -0.2) is 19.6 Å². The molecule has 0 aromatic heterocycles. The molecule has 0 spiro atoms. The van der Waals surface area contributed by atoms with Crippen LogP contribution >= 0.6 is 0 Å². The van der Waals surface area contributed by atoms with Crippen LogP contribution in [0.3, 0.4) is 0 Å². The zero-order valence-electron chi connectivity index (χ0n) is 9.39. The number of halogens is 3. The van der Waals surface area contributed by atoms with Crippen LogP contribution in [0.5, 0.6) is 0 Å². The number of nitrogens with one attached hydrogen (secondary N) is 1. The van der Waals surface area contributed by atoms with Gasteiger partial charge in [-0.05, 0) is 24.6 Å². The topological polar surface area (TPSA) is 38.3 Å². The summed E-state index contributed by atoms with van der Waals surface area (Å²) in [5.41, 5.74) is -0.346. The number of alkyl halides is 3. The van der Waals surface area contributed by atoms with Crippen molar-refractivity contribution < 1.29 is 22.7 Å². The van der Waals surface area contributed by atoms with Gasteiger partial charge in [0, 0.05) is 5.69 Å². The molecule has 0 bridgehead atoms. The Kier molecular flexibility index (Phi) is 3.98. The minimum Gasteiger partial charge on any atom is -0.468 e. The van der Waals surface area contributed by atoms with E-state index in [1.165, 1.54) is 26.2 Å². The van der Waals surface area contributed by atoms with Crippen molar-refractivity contribution in [1.29, 1.82) is 0 Å². The van der Waals surface area contributed by atoms with E-state index in [1.54, 1.807) is 0 Å². The smallest absolute Gasteiger partial charge is 0.416 e. The highest BCUT2D eigenvalue weighted by molar-refractivity contribution is 5.74. The molecular weight excluding hydrogens is 235 g/mol. The second kappa shape index (κ2) is 5.07. The molecule has 1 N–H and O–H groups in total. The van der Waals surface area contributed by atoms with Crippen LogP contribution in [-0.2, 0) is 15.7 Å². The van der Waals surface area contributed by atoms with Crippen molar-refractivity contribution in [3.05, 3.63) is 29.3 Å². The molecule has 0 saturated heterocycles. The summed E-state index contributed by atoms with van der Waals surface area (Å²) in [5, 5.41) is 2.56. The molecular formula is C11H12F3NO2. The number of hydrogen-bond donors (Lipinski definition) is 1. The van der Waals surface area contributed by atoms with Gasteiger partial charge in [0.05, 0.1) is 12.7 Å². The predicted molar refractivity (Wildman–Crippen MR) is 56.7 cm³/mol. The van der Waals surface area contributed by atoms with Gasteiger partial charge in [-0.15, -0.1) is 0 Å². The van der Waals surface area contributed by atoms with Gasteiger partial charge in [0.2, 0.25) is 0 Å². The zero-order valence-corrected chi connectivity index (χ0v) is 9.39. The summed E-state index contributed by atoms with van der Waals surface area (Å²) >= 11 is 0. The van der Waals surface area contributed by atoms with E-state index >= 15 is 0 Å². The van der Waals surface area contributed by atoms with Crippen molar-refractivity contribution >= 4 is 11.7 Å². The first-order chi connectivity index (χ1) is 7.84. The number of aryl methyl sites for hydroxylation is 1. The fourth-order valence-corrected chi connectivity index (χ4v) is 1.28. The molecule has 0 amide bonds. The highest BCUT2D eigenvalue weighted by Gasteiger charge is 2.32. The molecule has 0 fully saturated rings. The van der Waals surface area contributed by atoms with Crippen molar-refractivity contribution in [1.82, 2.24) is 0 Å². The molecule has 6 heteroatoms. The van der Waals surface area contributed by atoms with Crippen LogP contribution < -0.4 is 5.32 Å². The summed E-state index contributed by atoms with van der Waals surface area (Å²) in [7, 11) is 1.21. The second-order valence-electron chi connectivity index (χ2n) is 3.46. The molecule has 1 aromatic carbocycles. The predicted octanol–water partition coefficient (Wildman–Crippen LogP) is 2.60. The fraction of sp³-hybridized carbons (Fsp3) is 0.364. The van der Waals surface area contributed by atoms with Gasteiger partial charge in [0.1, 0.15) is 6.54 Å². The van der Waals surface area contributed by atoms with E-state index in [-0.39, 0.29) is 17.8 Å². The number of benzene rings is 1. The molecule has 0 radical (unpaired) electrons. The number of ether oxygens (including phenoxy) is 1. The third kappa shape index (κ3) is 3.65. The van der Waals surface area contributed by atoms with E-state index in [4.69, 9.17) is 0 Å². The third-order valence-electron chi connectivity index (χ3n) is 2.21. The molecule has 94 valence electrons. The number of carbonyl (C=O) groups excluding carboxylic acids is 1. The van der Waals surface area contributed by atoms with Crippen LogP contribution in [0.2, 0.25) is 0 Å². The lowest BCUT2D eigenvalue weighted by atomic mass is 10.1. The standard InChI is InChI=1S/C11H12F3NO2/c1-7-3-4-8(15-6-10(16)17-2)5-9(7)11(12,13)14/h3-5,15H,6H2,1-2H3. The number of esters is 1. The molecule has 0 unspecified atom stereocenters. The Morgan fingerprint density at radius 1 is 1.41 bits per heavy atom.